The summed E-state index contributed by atoms with van der Waals surface area (Å²) in [6.07, 6.45) is 15.3. The number of methoxy groups -OCH3 is 1. The molecule has 31 nitrogen and oxygen atoms in total. The van der Waals surface area contributed by atoms with E-state index in [0.717, 1.165) is 122 Å². The van der Waals surface area contributed by atoms with Crippen molar-refractivity contribution in [1.29, 1.82) is 0 Å². The summed E-state index contributed by atoms with van der Waals surface area (Å²) in [5.74, 6) is 3.90. The molecule has 42 atom stereocenters. The van der Waals surface area contributed by atoms with Crippen LogP contribution in [0.3, 0.4) is 0 Å². The van der Waals surface area contributed by atoms with Crippen LogP contribution in [0, 0.1) is 205 Å². The molecule has 0 aromatic carbocycles. The van der Waals surface area contributed by atoms with Crippen molar-refractivity contribution in [2.24, 2.45) is 205 Å². The molecule has 1 spiro atoms. The smallest absolute Gasteiger partial charge is 0.312 e. The summed E-state index contributed by atoms with van der Waals surface area (Å²) in [7, 11) is 1.63. The average molecular weight is 1950 g/mol. The third-order valence-electron chi connectivity index (χ3n) is 38.9. The van der Waals surface area contributed by atoms with E-state index in [1.165, 1.54) is 0 Å². The van der Waals surface area contributed by atoms with E-state index >= 15 is 0 Å². The SMILES string of the molecule is CCC(C)(C)C(=O)OC1CC2CC1C1(CCOC1=O)C2.CCC(C)(C)C(=O)OC1CC2CC1C1C(=O)OCC21.CCC(C)C(=O)OC1C(C)C2CC1C1COC(=O)C21.CCC(C)C(=O)OC1C2CC(C1OC)C1C(=O)OCC21.CCC(C)C(=O)OC1CC2CC1C1C(=O)OCC21.CCOC1C2CC(C3COC(=O)C32)C1OC(=O)C(C)(C)CC.CCOC1C2CC(C3COC(=O)C32)C1OC(=O)C(C)CC. The zero-order valence-corrected chi connectivity index (χ0v) is 86.1. The van der Waals surface area contributed by atoms with Crippen LogP contribution in [0.2, 0.25) is 0 Å². The molecule has 139 heavy (non-hydrogen) atoms. The van der Waals surface area contributed by atoms with E-state index < -0.39 is 16.2 Å². The van der Waals surface area contributed by atoms with Crippen molar-refractivity contribution in [3.05, 3.63) is 0 Å². The van der Waals surface area contributed by atoms with Gasteiger partial charge in [0.1, 0.15) is 42.7 Å². The highest BCUT2D eigenvalue weighted by molar-refractivity contribution is 5.83. The summed E-state index contributed by atoms with van der Waals surface area (Å²) in [6.45, 7) is 43.7. The average Bonchev–Trinajstić information content (AvgIpc) is 1.59. The Hall–Kier alpha value is -7.54. The number of fused-ring (bicyclic) bond motifs is 33. The zero-order valence-electron chi connectivity index (χ0n) is 86.1. The fourth-order valence-corrected chi connectivity index (χ4v) is 28.8. The summed E-state index contributed by atoms with van der Waals surface area (Å²) in [5, 5.41) is 0. The molecule has 0 aromatic heterocycles. The van der Waals surface area contributed by atoms with Crippen LogP contribution < -0.4 is 0 Å². The highest BCUT2D eigenvalue weighted by Crippen LogP contribution is 2.65. The van der Waals surface area contributed by atoms with Gasteiger partial charge in [0.2, 0.25) is 0 Å². The normalized spacial score (nSPS) is 41.6. The van der Waals surface area contributed by atoms with Crippen LogP contribution >= 0.6 is 0 Å². The maximum Gasteiger partial charge on any atom is 0.312 e. The van der Waals surface area contributed by atoms with Gasteiger partial charge in [0.25, 0.3) is 0 Å². The molecular formula is C108H160O31. The first-order chi connectivity index (χ1) is 66.0. The largest absolute Gasteiger partial charge is 0.465 e. The summed E-state index contributed by atoms with van der Waals surface area (Å²) in [4.78, 5) is 168. The Balaban J connectivity index is 0.000000123. The van der Waals surface area contributed by atoms with E-state index in [1.54, 1.807) is 7.11 Å². The standard InChI is InChI=1S/C17H26O5.C16H24O5.C16H24O4.C15H22O5.2C15H22O4.C14H20O4/c1-5-17(3,4)16(19)22-14-9-7-10(13(14)20-6-2)12-11(9)8-21-15(12)18;1-4-8(3)15(17)21-14-9-6-10(13(14)19-5-2)12-11(9)7-20-16(12)18;1-4-15(2,3)13(17)20-12-8-10-7-11(12)16(9-10)5-6-19-14(16)18;1-4-7(2)14(16)20-13-8-5-9(12(13)18-3)11-10(8)6-19-15(11)17;1-4-15(2,3)14(17)19-11-6-8-5-9(11)12-10(8)7-18-13(12)16;1-4-7(2)14(16)19-13-8(3)9-5-10(13)11-6-18-15(17)12(9)11;1-3-7(2)13(15)18-11-5-8-4-9(11)12-10(8)6-17-14(12)16/h9-14H,5-8H2,1-4H3;8-14H,4-7H2,1-3H3;10-12H,4-9H2,1-3H3;7-13H,4-6H2,1-3H3;8-12H,4-7H2,1-3H3;7-13H,4-6H2,1-3H3;7-12H,3-6H2,1-2H3. The monoisotopic (exact) mass is 1950 g/mol. The third-order valence-corrected chi connectivity index (χ3v) is 38.9. The summed E-state index contributed by atoms with van der Waals surface area (Å²) < 4.78 is 93.8. The van der Waals surface area contributed by atoms with Crippen molar-refractivity contribution in [2.45, 2.75) is 322 Å². The van der Waals surface area contributed by atoms with Crippen LogP contribution in [-0.2, 0) is 148 Å². The molecule has 21 aliphatic rings. The Morgan fingerprint density at radius 1 is 0.331 bits per heavy atom. The van der Waals surface area contributed by atoms with Crippen molar-refractivity contribution < 1.29 is 148 Å². The topological polar surface area (TPSA) is 396 Å². The molecule has 0 aromatic rings. The van der Waals surface area contributed by atoms with Crippen molar-refractivity contribution in [3.8, 4) is 0 Å². The van der Waals surface area contributed by atoms with Gasteiger partial charge in [-0.3, -0.25) is 67.1 Å². The Kier molecular flexibility index (Phi) is 32.4. The summed E-state index contributed by atoms with van der Waals surface area (Å²) >= 11 is 0. The van der Waals surface area contributed by atoms with Gasteiger partial charge >= 0.3 is 83.6 Å². The van der Waals surface area contributed by atoms with E-state index in [2.05, 4.69) is 6.92 Å². The molecule has 778 valence electrons. The second-order valence-electron chi connectivity index (χ2n) is 46.9. The lowest BCUT2D eigenvalue weighted by atomic mass is 9.71. The first-order valence-corrected chi connectivity index (χ1v) is 53.4. The summed E-state index contributed by atoms with van der Waals surface area (Å²) in [6, 6.07) is 0. The van der Waals surface area contributed by atoms with Gasteiger partial charge in [0.05, 0.1) is 145 Å². The third kappa shape index (κ3) is 19.8. The molecule has 21 fully saturated rings. The quantitative estimate of drug-likeness (QED) is 0.0573. The van der Waals surface area contributed by atoms with E-state index in [1.807, 2.05) is 132 Å². The minimum absolute atomic E-state index is 0.00140. The van der Waals surface area contributed by atoms with Crippen LogP contribution in [0.4, 0.5) is 0 Å². The molecule has 7 heterocycles. The number of hydrogen-bond donors (Lipinski definition) is 0. The molecule has 42 unspecified atom stereocenters. The fourth-order valence-electron chi connectivity index (χ4n) is 28.8. The second kappa shape index (κ2) is 42.6. The molecule has 14 bridgehead atoms. The van der Waals surface area contributed by atoms with Crippen LogP contribution in [0.1, 0.15) is 260 Å². The van der Waals surface area contributed by atoms with Gasteiger partial charge in [0.15, 0.2) is 0 Å². The molecule has 7 saturated heterocycles. The van der Waals surface area contributed by atoms with Gasteiger partial charge < -0.3 is 80.5 Å². The molecule has 0 amide bonds. The van der Waals surface area contributed by atoms with Gasteiger partial charge in [-0.2, -0.15) is 0 Å². The molecule has 0 radical (unpaired) electrons. The molecule has 0 N–H and O–H groups in total. The predicted octanol–water partition coefficient (Wildman–Crippen LogP) is 14.0. The van der Waals surface area contributed by atoms with Crippen molar-refractivity contribution in [3.63, 3.8) is 0 Å². The minimum Gasteiger partial charge on any atom is -0.465 e. The van der Waals surface area contributed by atoms with Gasteiger partial charge in [-0.25, -0.2) is 0 Å². The van der Waals surface area contributed by atoms with Crippen molar-refractivity contribution in [1.82, 2.24) is 0 Å². The van der Waals surface area contributed by atoms with Crippen LogP contribution in [0.5, 0.6) is 0 Å². The highest BCUT2D eigenvalue weighted by atomic mass is 16.6. The van der Waals surface area contributed by atoms with Crippen LogP contribution in [-0.4, -0.2) is 211 Å². The Labute approximate surface area is 820 Å². The summed E-state index contributed by atoms with van der Waals surface area (Å²) in [5.41, 5.74) is -1.70. The van der Waals surface area contributed by atoms with Crippen LogP contribution in [0.25, 0.3) is 0 Å². The maximum atomic E-state index is 12.5. The van der Waals surface area contributed by atoms with E-state index in [-0.39, 0.29) is 292 Å². The Morgan fingerprint density at radius 3 is 1.01 bits per heavy atom. The molecule has 14 aliphatic carbocycles. The zero-order chi connectivity index (χ0) is 101. The number of cyclic esters (lactones) is 7. The molecule has 21 rings (SSSR count). The number of carbonyl (C=O) groups is 14. The number of ether oxygens (including phenoxy) is 17. The second-order valence-corrected chi connectivity index (χ2v) is 46.9. The maximum absolute atomic E-state index is 12.5. The predicted molar refractivity (Wildman–Crippen MR) is 495 cm³/mol. The van der Waals surface area contributed by atoms with E-state index in [0.29, 0.717) is 101 Å². The molecule has 7 aliphatic heterocycles. The highest BCUT2D eigenvalue weighted by Gasteiger charge is 2.71. The van der Waals surface area contributed by atoms with Gasteiger partial charge in [-0.1, -0.05) is 83.1 Å². The first kappa shape index (κ1) is 106. The fraction of sp³-hybridized carbons (Fsp3) is 0.870. The lowest BCUT2D eigenvalue weighted by Gasteiger charge is -2.36. The molecular weight excluding hydrogens is 1790 g/mol. The number of carbonyl (C=O) groups excluding carboxylic acids is 14. The van der Waals surface area contributed by atoms with Crippen molar-refractivity contribution in [2.75, 3.05) is 66.6 Å². The van der Waals surface area contributed by atoms with Crippen molar-refractivity contribution >= 4 is 83.6 Å². The number of rotatable bonds is 26. The number of esters is 14. The minimum atomic E-state index is -0.486. The Morgan fingerprint density at radius 2 is 0.647 bits per heavy atom. The lowest BCUT2D eigenvalue weighted by Crippen LogP contribution is -2.47. The van der Waals surface area contributed by atoms with E-state index in [4.69, 9.17) is 80.5 Å². The Bertz CT molecular complexity index is 4510. The first-order valence-electron chi connectivity index (χ1n) is 53.4. The number of hydrogen-bond acceptors (Lipinski definition) is 31. The van der Waals surface area contributed by atoms with Gasteiger partial charge in [-0.05, 0) is 207 Å². The van der Waals surface area contributed by atoms with Crippen LogP contribution in [0.15, 0.2) is 0 Å². The van der Waals surface area contributed by atoms with Gasteiger partial charge in [-0.15, -0.1) is 0 Å². The lowest BCUT2D eigenvalue weighted by molar-refractivity contribution is -0.176. The van der Waals surface area contributed by atoms with E-state index in [9.17, 15) is 67.1 Å². The van der Waals surface area contributed by atoms with Gasteiger partial charge in [0, 0.05) is 115 Å². The molecule has 14 saturated carbocycles. The molecule has 31 heteroatoms.